The van der Waals surface area contributed by atoms with Crippen molar-refractivity contribution >= 4 is 6.21 Å². The lowest BCUT2D eigenvalue weighted by atomic mass is 9.43. The number of hydrogen-bond donors (Lipinski definition) is 4. The summed E-state index contributed by atoms with van der Waals surface area (Å²) < 4.78 is 0. The summed E-state index contributed by atoms with van der Waals surface area (Å²) in [5, 5.41) is 45.2. The fourth-order valence-electron chi connectivity index (χ4n) is 7.56. The third-order valence-corrected chi connectivity index (χ3v) is 9.30. The van der Waals surface area contributed by atoms with Crippen LogP contribution in [-0.4, -0.2) is 44.0 Å². The van der Waals surface area contributed by atoms with Gasteiger partial charge in [-0.3, -0.25) is 0 Å². The molecule has 4 fully saturated rings. The molecule has 0 heterocycles. The highest BCUT2D eigenvalue weighted by Crippen LogP contribution is 2.69. The second kappa shape index (κ2) is 5.43. The highest BCUT2D eigenvalue weighted by atomic mass is 16.4. The van der Waals surface area contributed by atoms with Gasteiger partial charge in [-0.25, -0.2) is 0 Å². The van der Waals surface area contributed by atoms with Crippen LogP contribution in [0, 0.1) is 28.6 Å². The fourth-order valence-corrected chi connectivity index (χ4v) is 7.56. The summed E-state index contributed by atoms with van der Waals surface area (Å²) >= 11 is 0. The maximum absolute atomic E-state index is 11.8. The van der Waals surface area contributed by atoms with Gasteiger partial charge < -0.3 is 20.5 Å². The molecule has 8 atom stereocenters. The predicted octanol–water partition coefficient (Wildman–Crippen LogP) is 2.70. The predicted molar refractivity (Wildman–Crippen MR) is 94.4 cm³/mol. The molecule has 4 N–H and O–H groups in total. The number of nitrogens with zero attached hydrogens (tertiary/aromatic N) is 1. The number of oxime groups is 1. The Morgan fingerprint density at radius 2 is 1.68 bits per heavy atom. The first-order valence-corrected chi connectivity index (χ1v) is 10.0. The van der Waals surface area contributed by atoms with Gasteiger partial charge >= 0.3 is 0 Å². The first kappa shape index (κ1) is 17.7. The van der Waals surface area contributed by atoms with Crippen LogP contribution in [0.4, 0.5) is 0 Å². The normalized spacial score (nSPS) is 58.6. The zero-order valence-corrected chi connectivity index (χ0v) is 15.5. The average Bonchev–Trinajstić information content (AvgIpc) is 2.77. The Labute approximate surface area is 150 Å². The molecule has 0 saturated heterocycles. The standard InChI is InChI=1S/C20H33NO4/c1-17-7-5-14(22)11-13(17)3-4-16-15(17)6-8-18(2)19(23,12-21-25)9-10-20(16,18)24/h12-16,22-25H,3-11H2,1-2H3/b21-12+/t13-,14+,15+,16-,17+,18-,19+,20+/m1/s1. The molecule has 0 aliphatic heterocycles. The van der Waals surface area contributed by atoms with Crippen molar-refractivity contribution in [3.8, 4) is 0 Å². The lowest BCUT2D eigenvalue weighted by Gasteiger charge is -2.64. The van der Waals surface area contributed by atoms with Crippen molar-refractivity contribution in [3.05, 3.63) is 0 Å². The molecule has 25 heavy (non-hydrogen) atoms. The summed E-state index contributed by atoms with van der Waals surface area (Å²) in [7, 11) is 0. The van der Waals surface area contributed by atoms with Crippen LogP contribution in [0.5, 0.6) is 0 Å². The van der Waals surface area contributed by atoms with Gasteiger partial charge in [-0.15, -0.1) is 0 Å². The molecule has 0 aromatic heterocycles. The molecule has 0 radical (unpaired) electrons. The summed E-state index contributed by atoms with van der Waals surface area (Å²) in [6, 6.07) is 0. The SMILES string of the molecule is C[C@]12CC[C@H](O)C[C@H]1CC[C@@H]1[C@@H]2CC[C@]2(C)[C@@](O)(/C=N/O)CC[C@]12O. The van der Waals surface area contributed by atoms with Crippen LogP contribution in [0.25, 0.3) is 0 Å². The third kappa shape index (κ3) is 2.09. The van der Waals surface area contributed by atoms with Crippen molar-refractivity contribution in [2.45, 2.75) is 88.9 Å². The summed E-state index contributed by atoms with van der Waals surface area (Å²) in [4.78, 5) is 0. The number of rotatable bonds is 1. The smallest absolute Gasteiger partial charge is 0.111 e. The van der Waals surface area contributed by atoms with E-state index in [0.717, 1.165) is 44.9 Å². The van der Waals surface area contributed by atoms with Crippen molar-refractivity contribution in [1.82, 2.24) is 0 Å². The van der Waals surface area contributed by atoms with Gasteiger partial charge in [0.2, 0.25) is 0 Å². The molecule has 0 bridgehead atoms. The molecule has 5 heteroatoms. The Bertz CT molecular complexity index is 582. The summed E-state index contributed by atoms with van der Waals surface area (Å²) in [6.45, 7) is 4.36. The maximum Gasteiger partial charge on any atom is 0.111 e. The van der Waals surface area contributed by atoms with Crippen LogP contribution in [0.15, 0.2) is 5.16 Å². The van der Waals surface area contributed by atoms with Gasteiger partial charge in [0.15, 0.2) is 0 Å². The Hall–Kier alpha value is -0.650. The lowest BCUT2D eigenvalue weighted by Crippen LogP contribution is -2.65. The van der Waals surface area contributed by atoms with E-state index >= 15 is 0 Å². The van der Waals surface area contributed by atoms with E-state index in [4.69, 9.17) is 5.21 Å². The fraction of sp³-hybridized carbons (Fsp3) is 0.950. The molecule has 4 saturated carbocycles. The first-order valence-electron chi connectivity index (χ1n) is 10.0. The van der Waals surface area contributed by atoms with E-state index in [0.29, 0.717) is 24.7 Å². The number of aliphatic hydroxyl groups excluding tert-OH is 1. The van der Waals surface area contributed by atoms with Gasteiger partial charge in [-0.2, -0.15) is 0 Å². The molecule has 5 nitrogen and oxygen atoms in total. The van der Waals surface area contributed by atoms with Crippen LogP contribution in [0.2, 0.25) is 0 Å². The van der Waals surface area contributed by atoms with Crippen molar-refractivity contribution in [3.63, 3.8) is 0 Å². The van der Waals surface area contributed by atoms with Gasteiger partial charge in [0.25, 0.3) is 0 Å². The summed E-state index contributed by atoms with van der Waals surface area (Å²) in [6.07, 6.45) is 8.67. The minimum atomic E-state index is -1.23. The molecular weight excluding hydrogens is 318 g/mol. The van der Waals surface area contributed by atoms with Gasteiger partial charge in [-0.1, -0.05) is 19.0 Å². The van der Waals surface area contributed by atoms with Crippen molar-refractivity contribution in [2.75, 3.05) is 0 Å². The molecule has 0 spiro atoms. The molecule has 0 unspecified atom stereocenters. The molecule has 4 rings (SSSR count). The van der Waals surface area contributed by atoms with Gasteiger partial charge in [-0.05, 0) is 81.0 Å². The molecule has 0 amide bonds. The van der Waals surface area contributed by atoms with E-state index in [2.05, 4.69) is 12.1 Å². The largest absolute Gasteiger partial charge is 0.411 e. The Morgan fingerprint density at radius 1 is 0.920 bits per heavy atom. The van der Waals surface area contributed by atoms with E-state index in [9.17, 15) is 15.3 Å². The molecular formula is C20H33NO4. The number of hydrogen-bond acceptors (Lipinski definition) is 5. The zero-order valence-electron chi connectivity index (χ0n) is 15.5. The lowest BCUT2D eigenvalue weighted by molar-refractivity contribution is -0.223. The van der Waals surface area contributed by atoms with E-state index in [1.165, 1.54) is 6.21 Å². The minimum absolute atomic E-state index is 0.163. The van der Waals surface area contributed by atoms with E-state index in [1.807, 2.05) is 6.92 Å². The Kier molecular flexibility index (Phi) is 3.85. The molecule has 4 aliphatic carbocycles. The van der Waals surface area contributed by atoms with Crippen LogP contribution >= 0.6 is 0 Å². The molecule has 4 aliphatic rings. The van der Waals surface area contributed by atoms with Gasteiger partial charge in [0.1, 0.15) is 5.60 Å². The third-order valence-electron chi connectivity index (χ3n) is 9.30. The van der Waals surface area contributed by atoms with Crippen LogP contribution < -0.4 is 0 Å². The highest BCUT2D eigenvalue weighted by molar-refractivity contribution is 5.71. The van der Waals surface area contributed by atoms with Crippen LogP contribution in [-0.2, 0) is 0 Å². The highest BCUT2D eigenvalue weighted by Gasteiger charge is 2.71. The Morgan fingerprint density at radius 3 is 2.40 bits per heavy atom. The zero-order chi connectivity index (χ0) is 18.1. The van der Waals surface area contributed by atoms with Crippen molar-refractivity contribution in [1.29, 1.82) is 0 Å². The first-order chi connectivity index (χ1) is 11.7. The van der Waals surface area contributed by atoms with E-state index < -0.39 is 16.6 Å². The molecule has 0 aromatic rings. The topological polar surface area (TPSA) is 93.3 Å². The molecule has 0 aromatic carbocycles. The minimum Gasteiger partial charge on any atom is -0.411 e. The number of aliphatic hydroxyl groups is 3. The second-order valence-electron chi connectivity index (χ2n) is 9.89. The quantitative estimate of drug-likeness (QED) is 0.332. The van der Waals surface area contributed by atoms with Crippen LogP contribution in [0.1, 0.15) is 71.6 Å². The van der Waals surface area contributed by atoms with E-state index in [-0.39, 0.29) is 17.4 Å². The monoisotopic (exact) mass is 351 g/mol. The van der Waals surface area contributed by atoms with Crippen LogP contribution in [0.3, 0.4) is 0 Å². The van der Waals surface area contributed by atoms with Crippen molar-refractivity contribution in [2.24, 2.45) is 33.7 Å². The second-order valence-corrected chi connectivity index (χ2v) is 9.89. The van der Waals surface area contributed by atoms with Gasteiger partial charge in [0.05, 0.1) is 17.9 Å². The summed E-state index contributed by atoms with van der Waals surface area (Å²) in [5.74, 6) is 1.18. The van der Waals surface area contributed by atoms with Crippen molar-refractivity contribution < 1.29 is 20.5 Å². The molecule has 142 valence electrons. The number of fused-ring (bicyclic) bond motifs is 5. The average molecular weight is 351 g/mol. The Balaban J connectivity index is 1.70. The van der Waals surface area contributed by atoms with Gasteiger partial charge in [0, 0.05) is 5.41 Å². The van der Waals surface area contributed by atoms with E-state index in [1.54, 1.807) is 0 Å². The summed E-state index contributed by atoms with van der Waals surface area (Å²) in [5.41, 5.74) is -2.62. The maximum atomic E-state index is 11.8.